The SMILES string of the molecule is C/C=C(C)\C=C/C=NCCCC#Cc1ccc(-c2ccccc2)cc1. The highest BCUT2D eigenvalue weighted by atomic mass is 14.7. The summed E-state index contributed by atoms with van der Waals surface area (Å²) in [5.41, 5.74) is 4.77. The van der Waals surface area contributed by atoms with Crippen LogP contribution in [-0.4, -0.2) is 12.8 Å². The zero-order valence-corrected chi connectivity index (χ0v) is 15.1. The predicted molar refractivity (Wildman–Crippen MR) is 110 cm³/mol. The van der Waals surface area contributed by atoms with Gasteiger partial charge in [-0.2, -0.15) is 0 Å². The van der Waals surface area contributed by atoms with Gasteiger partial charge in [0.2, 0.25) is 0 Å². The second-order valence-electron chi connectivity index (χ2n) is 5.80. The van der Waals surface area contributed by atoms with Crippen LogP contribution in [0.3, 0.4) is 0 Å². The number of aliphatic imine (C=N–C) groups is 1. The van der Waals surface area contributed by atoms with Gasteiger partial charge in [0.15, 0.2) is 0 Å². The molecule has 0 unspecified atom stereocenters. The third-order valence-electron chi connectivity index (χ3n) is 3.82. The van der Waals surface area contributed by atoms with E-state index in [2.05, 4.69) is 84.4 Å². The molecule has 1 heteroatoms. The van der Waals surface area contributed by atoms with Gasteiger partial charge in [0.25, 0.3) is 0 Å². The molecule has 0 amide bonds. The number of benzene rings is 2. The number of nitrogens with zero attached hydrogens (tertiary/aromatic N) is 1. The summed E-state index contributed by atoms with van der Waals surface area (Å²) in [7, 11) is 0. The molecule has 2 rings (SSSR count). The van der Waals surface area contributed by atoms with Crippen molar-refractivity contribution < 1.29 is 0 Å². The molecule has 0 aliphatic rings. The van der Waals surface area contributed by atoms with Crippen LogP contribution in [0, 0.1) is 11.8 Å². The largest absolute Gasteiger partial charge is 0.293 e. The lowest BCUT2D eigenvalue weighted by atomic mass is 10.0. The molecule has 0 spiro atoms. The Balaban J connectivity index is 1.75. The Labute approximate surface area is 151 Å². The van der Waals surface area contributed by atoms with Gasteiger partial charge in [-0.15, -0.1) is 0 Å². The van der Waals surface area contributed by atoms with E-state index in [1.165, 1.54) is 16.7 Å². The van der Waals surface area contributed by atoms with Gasteiger partial charge in [-0.25, -0.2) is 0 Å². The van der Waals surface area contributed by atoms with E-state index in [1.807, 2.05) is 25.3 Å². The molecular weight excluding hydrogens is 302 g/mol. The van der Waals surface area contributed by atoms with Crippen LogP contribution in [0.2, 0.25) is 0 Å². The van der Waals surface area contributed by atoms with Crippen molar-refractivity contribution in [3.63, 3.8) is 0 Å². The summed E-state index contributed by atoms with van der Waals surface area (Å²) in [5, 5.41) is 0. The lowest BCUT2D eigenvalue weighted by Crippen LogP contribution is -1.81. The Kier molecular flexibility index (Phi) is 8.01. The predicted octanol–water partition coefficient (Wildman–Crippen LogP) is 6.08. The summed E-state index contributed by atoms with van der Waals surface area (Å²) in [4.78, 5) is 4.36. The first kappa shape index (κ1) is 18.5. The van der Waals surface area contributed by atoms with Crippen LogP contribution < -0.4 is 0 Å². The molecule has 0 heterocycles. The van der Waals surface area contributed by atoms with Crippen molar-refractivity contribution in [2.75, 3.05) is 6.54 Å². The Bertz CT molecular complexity index is 781. The van der Waals surface area contributed by atoms with Crippen molar-refractivity contribution in [2.45, 2.75) is 26.7 Å². The van der Waals surface area contributed by atoms with E-state index in [-0.39, 0.29) is 0 Å². The molecule has 2 aromatic carbocycles. The van der Waals surface area contributed by atoms with Gasteiger partial charge in [0.1, 0.15) is 0 Å². The lowest BCUT2D eigenvalue weighted by Gasteiger charge is -2.00. The van der Waals surface area contributed by atoms with Gasteiger partial charge in [0.05, 0.1) is 0 Å². The van der Waals surface area contributed by atoms with Crippen molar-refractivity contribution in [3.8, 4) is 23.0 Å². The van der Waals surface area contributed by atoms with Crippen LogP contribution in [0.5, 0.6) is 0 Å². The smallest absolute Gasteiger partial charge is 0.0398 e. The normalized spacial score (nSPS) is 11.7. The highest BCUT2D eigenvalue weighted by Crippen LogP contribution is 2.18. The average Bonchev–Trinajstić information content (AvgIpc) is 2.67. The summed E-state index contributed by atoms with van der Waals surface area (Å²) in [5.74, 6) is 6.45. The van der Waals surface area contributed by atoms with E-state index in [9.17, 15) is 0 Å². The van der Waals surface area contributed by atoms with E-state index in [0.717, 1.165) is 24.9 Å². The molecule has 2 aromatic rings. The number of hydrogen-bond acceptors (Lipinski definition) is 1. The first-order valence-electron chi connectivity index (χ1n) is 8.73. The zero-order chi connectivity index (χ0) is 17.7. The molecule has 0 bridgehead atoms. The van der Waals surface area contributed by atoms with Gasteiger partial charge in [-0.1, -0.05) is 72.0 Å². The molecule has 0 fully saturated rings. The van der Waals surface area contributed by atoms with Crippen molar-refractivity contribution >= 4 is 6.21 Å². The van der Waals surface area contributed by atoms with Crippen LogP contribution in [0.15, 0.2) is 83.4 Å². The van der Waals surface area contributed by atoms with Crippen LogP contribution in [0.1, 0.15) is 32.3 Å². The fourth-order valence-electron chi connectivity index (χ4n) is 2.23. The van der Waals surface area contributed by atoms with E-state index in [0.29, 0.717) is 0 Å². The Hall–Kier alpha value is -2.85. The number of allylic oxidation sites excluding steroid dienone is 4. The summed E-state index contributed by atoms with van der Waals surface area (Å²) in [6.45, 7) is 4.93. The summed E-state index contributed by atoms with van der Waals surface area (Å²) in [6.07, 6.45) is 9.84. The topological polar surface area (TPSA) is 12.4 Å². The average molecular weight is 327 g/mol. The second-order valence-corrected chi connectivity index (χ2v) is 5.80. The number of hydrogen-bond donors (Lipinski definition) is 0. The summed E-state index contributed by atoms with van der Waals surface area (Å²) in [6, 6.07) is 18.8. The summed E-state index contributed by atoms with van der Waals surface area (Å²) < 4.78 is 0. The molecule has 0 N–H and O–H groups in total. The fourth-order valence-corrected chi connectivity index (χ4v) is 2.23. The highest BCUT2D eigenvalue weighted by molar-refractivity contribution is 5.71. The quantitative estimate of drug-likeness (QED) is 0.264. The van der Waals surface area contributed by atoms with Crippen LogP contribution in [-0.2, 0) is 0 Å². The highest BCUT2D eigenvalue weighted by Gasteiger charge is 1.95. The zero-order valence-electron chi connectivity index (χ0n) is 15.1. The molecule has 0 radical (unpaired) electrons. The maximum atomic E-state index is 4.36. The van der Waals surface area contributed by atoms with E-state index in [1.54, 1.807) is 0 Å². The summed E-state index contributed by atoms with van der Waals surface area (Å²) >= 11 is 0. The molecule has 0 saturated heterocycles. The van der Waals surface area contributed by atoms with Gasteiger partial charge in [-0.05, 0) is 49.6 Å². The number of unbranched alkanes of at least 4 members (excludes halogenated alkanes) is 1. The van der Waals surface area contributed by atoms with Crippen molar-refractivity contribution in [2.24, 2.45) is 4.99 Å². The third kappa shape index (κ3) is 7.06. The van der Waals surface area contributed by atoms with Crippen LogP contribution >= 0.6 is 0 Å². The van der Waals surface area contributed by atoms with Crippen molar-refractivity contribution in [1.82, 2.24) is 0 Å². The Morgan fingerprint density at radius 3 is 2.44 bits per heavy atom. The minimum Gasteiger partial charge on any atom is -0.293 e. The van der Waals surface area contributed by atoms with Gasteiger partial charge in [-0.3, -0.25) is 4.99 Å². The van der Waals surface area contributed by atoms with Crippen molar-refractivity contribution in [1.29, 1.82) is 0 Å². The van der Waals surface area contributed by atoms with E-state index in [4.69, 9.17) is 0 Å². The van der Waals surface area contributed by atoms with Gasteiger partial charge >= 0.3 is 0 Å². The van der Waals surface area contributed by atoms with Gasteiger partial charge in [0, 0.05) is 24.7 Å². The first-order valence-corrected chi connectivity index (χ1v) is 8.73. The third-order valence-corrected chi connectivity index (χ3v) is 3.82. The minimum absolute atomic E-state index is 0.820. The van der Waals surface area contributed by atoms with E-state index >= 15 is 0 Å². The molecule has 0 saturated carbocycles. The van der Waals surface area contributed by atoms with Gasteiger partial charge < -0.3 is 0 Å². The standard InChI is InChI=1S/C24H25N/c1-3-21(2)11-10-20-25-19-9-5-6-12-22-15-17-24(18-16-22)23-13-7-4-8-14-23/h3-4,7-8,10-11,13-18,20H,5,9,19H2,1-2H3/b11-10-,21-3-,25-20?. The molecular formula is C24H25N. The molecule has 0 aliphatic heterocycles. The van der Waals surface area contributed by atoms with Crippen molar-refractivity contribution in [3.05, 3.63) is 84.0 Å². The first-order chi connectivity index (χ1) is 12.3. The molecule has 0 aromatic heterocycles. The molecule has 0 aliphatic carbocycles. The minimum atomic E-state index is 0.820. The molecule has 0 atom stereocenters. The Morgan fingerprint density at radius 2 is 1.72 bits per heavy atom. The Morgan fingerprint density at radius 1 is 1.00 bits per heavy atom. The maximum Gasteiger partial charge on any atom is 0.0398 e. The molecule has 25 heavy (non-hydrogen) atoms. The monoisotopic (exact) mass is 327 g/mol. The number of rotatable bonds is 6. The van der Waals surface area contributed by atoms with E-state index < -0.39 is 0 Å². The van der Waals surface area contributed by atoms with Crippen LogP contribution in [0.4, 0.5) is 0 Å². The second kappa shape index (κ2) is 10.8. The molecule has 126 valence electrons. The fraction of sp³-hybridized carbons (Fsp3) is 0.208. The van der Waals surface area contributed by atoms with Crippen LogP contribution in [0.25, 0.3) is 11.1 Å². The maximum absolute atomic E-state index is 4.36. The lowest BCUT2D eigenvalue weighted by molar-refractivity contribution is 0.874. The molecule has 1 nitrogen and oxygen atoms in total.